The number of cyclic esters (lactones) is 1. The molecule has 1 fully saturated rings. The predicted octanol–water partition coefficient (Wildman–Crippen LogP) is 7.25. The van der Waals surface area contributed by atoms with Crippen LogP contribution < -0.4 is 0 Å². The standard InChI is InChI=1S/C44H53NO8/c1-31(26-50-27-35-19-11-6-12-20-35)40(51-28-36-21-13-7-14-22-36)33(3)41(52-29-37-23-15-8-16-24-37)42(49-4)39(46)32(2)43(47)45-38(30-53-44(45)48)25-34-17-9-5-10-18-34/h5-24,31-33,38-42,46H,25-30H2,1-4H3/t31-,32-,33+,38-,39-,40-,41-,42-/m0/s1. The van der Waals surface area contributed by atoms with E-state index in [1.807, 2.05) is 128 Å². The summed E-state index contributed by atoms with van der Waals surface area (Å²) >= 11 is 0. The molecule has 4 aromatic rings. The molecule has 0 bridgehead atoms. The quantitative estimate of drug-likeness (QED) is 0.102. The van der Waals surface area contributed by atoms with Crippen molar-refractivity contribution in [2.75, 3.05) is 20.3 Å². The maximum absolute atomic E-state index is 14.1. The van der Waals surface area contributed by atoms with Gasteiger partial charge in [0.15, 0.2) is 0 Å². The summed E-state index contributed by atoms with van der Waals surface area (Å²) in [4.78, 5) is 28.1. The van der Waals surface area contributed by atoms with Gasteiger partial charge in [0.25, 0.3) is 0 Å². The number of carbonyl (C=O) groups excluding carboxylic acids is 2. The Hall–Kier alpha value is -4.38. The van der Waals surface area contributed by atoms with E-state index in [2.05, 4.69) is 6.92 Å². The molecule has 0 radical (unpaired) electrons. The molecule has 4 aromatic carbocycles. The second-order valence-corrected chi connectivity index (χ2v) is 14.0. The normalized spacial score (nSPS) is 18.4. The lowest BCUT2D eigenvalue weighted by Gasteiger charge is -2.40. The smallest absolute Gasteiger partial charge is 0.416 e. The Balaban J connectivity index is 1.38. The Morgan fingerprint density at radius 2 is 1.19 bits per heavy atom. The zero-order valence-corrected chi connectivity index (χ0v) is 31.2. The number of aliphatic hydroxyl groups is 1. The number of amides is 2. The molecule has 0 aromatic heterocycles. The molecule has 2 amide bonds. The summed E-state index contributed by atoms with van der Waals surface area (Å²) in [5.41, 5.74) is 4.02. The molecule has 9 nitrogen and oxygen atoms in total. The first-order valence-electron chi connectivity index (χ1n) is 18.4. The molecule has 0 saturated carbocycles. The van der Waals surface area contributed by atoms with Gasteiger partial charge in [-0.05, 0) is 28.7 Å². The Morgan fingerprint density at radius 3 is 1.70 bits per heavy atom. The number of carbonyl (C=O) groups is 2. The van der Waals surface area contributed by atoms with E-state index >= 15 is 0 Å². The van der Waals surface area contributed by atoms with Gasteiger partial charge in [0.2, 0.25) is 5.91 Å². The molecule has 1 saturated heterocycles. The van der Waals surface area contributed by atoms with Gasteiger partial charge in [-0.15, -0.1) is 0 Å². The van der Waals surface area contributed by atoms with E-state index < -0.39 is 48.4 Å². The first-order chi connectivity index (χ1) is 25.8. The molecule has 0 aliphatic carbocycles. The molecular weight excluding hydrogens is 670 g/mol. The van der Waals surface area contributed by atoms with Crippen LogP contribution in [0.15, 0.2) is 121 Å². The second-order valence-electron chi connectivity index (χ2n) is 14.0. The van der Waals surface area contributed by atoms with Crippen molar-refractivity contribution in [2.45, 2.75) is 77.5 Å². The molecular formula is C44H53NO8. The average molecular weight is 724 g/mol. The number of imide groups is 1. The Morgan fingerprint density at radius 1 is 0.717 bits per heavy atom. The monoisotopic (exact) mass is 723 g/mol. The highest BCUT2D eigenvalue weighted by atomic mass is 16.6. The SMILES string of the molecule is CO[C@@H]([C@@H](O)[C@H](C)C(=O)N1C(=O)OC[C@@H]1Cc1ccccc1)[C@@H](OCc1ccccc1)[C@H](C)[C@@H](OCc1ccccc1)[C@@H](C)COCc1ccccc1. The third kappa shape index (κ3) is 11.1. The Kier molecular flexibility index (Phi) is 15.2. The third-order valence-corrected chi connectivity index (χ3v) is 10.0. The van der Waals surface area contributed by atoms with E-state index in [4.69, 9.17) is 23.7 Å². The molecule has 1 aliphatic rings. The fourth-order valence-corrected chi connectivity index (χ4v) is 7.02. The van der Waals surface area contributed by atoms with Crippen molar-refractivity contribution in [3.63, 3.8) is 0 Å². The fourth-order valence-electron chi connectivity index (χ4n) is 7.02. The van der Waals surface area contributed by atoms with E-state index in [9.17, 15) is 14.7 Å². The van der Waals surface area contributed by atoms with Crippen LogP contribution in [0, 0.1) is 17.8 Å². The molecule has 282 valence electrons. The summed E-state index contributed by atoms with van der Waals surface area (Å²) in [6, 6.07) is 38.9. The zero-order chi connectivity index (χ0) is 37.6. The fraction of sp³-hybridized carbons (Fsp3) is 0.409. The molecule has 8 atom stereocenters. The van der Waals surface area contributed by atoms with Gasteiger partial charge in [-0.25, -0.2) is 9.69 Å². The van der Waals surface area contributed by atoms with Gasteiger partial charge in [0.05, 0.1) is 56.7 Å². The summed E-state index contributed by atoms with van der Waals surface area (Å²) in [5, 5.41) is 12.0. The Labute approximate surface area is 313 Å². The van der Waals surface area contributed by atoms with Crippen molar-refractivity contribution >= 4 is 12.0 Å². The highest BCUT2D eigenvalue weighted by molar-refractivity contribution is 5.95. The van der Waals surface area contributed by atoms with E-state index in [-0.39, 0.29) is 25.0 Å². The minimum atomic E-state index is -1.33. The van der Waals surface area contributed by atoms with Gasteiger partial charge in [0, 0.05) is 18.9 Å². The topological polar surface area (TPSA) is 104 Å². The van der Waals surface area contributed by atoms with Gasteiger partial charge in [-0.2, -0.15) is 0 Å². The molecule has 53 heavy (non-hydrogen) atoms. The van der Waals surface area contributed by atoms with Crippen molar-refractivity contribution in [1.82, 2.24) is 4.90 Å². The molecule has 0 unspecified atom stereocenters. The summed E-state index contributed by atoms with van der Waals surface area (Å²) in [7, 11) is 1.51. The molecule has 1 N–H and O–H groups in total. The van der Waals surface area contributed by atoms with Crippen LogP contribution in [-0.4, -0.2) is 72.8 Å². The van der Waals surface area contributed by atoms with Gasteiger partial charge >= 0.3 is 6.09 Å². The van der Waals surface area contributed by atoms with Crippen LogP contribution in [0.5, 0.6) is 0 Å². The number of methoxy groups -OCH3 is 1. The number of hydrogen-bond acceptors (Lipinski definition) is 8. The minimum absolute atomic E-state index is 0.0838. The van der Waals surface area contributed by atoms with Gasteiger partial charge in [0.1, 0.15) is 12.7 Å². The highest BCUT2D eigenvalue weighted by Gasteiger charge is 2.46. The summed E-state index contributed by atoms with van der Waals surface area (Å²) in [6.45, 7) is 7.29. The van der Waals surface area contributed by atoms with Crippen LogP contribution >= 0.6 is 0 Å². The van der Waals surface area contributed by atoms with Crippen molar-refractivity contribution in [3.05, 3.63) is 144 Å². The van der Waals surface area contributed by atoms with Crippen LogP contribution in [0.2, 0.25) is 0 Å². The lowest BCUT2D eigenvalue weighted by Crippen LogP contribution is -2.54. The lowest BCUT2D eigenvalue weighted by molar-refractivity contribution is -0.175. The van der Waals surface area contributed by atoms with Crippen LogP contribution in [0.1, 0.15) is 43.0 Å². The lowest BCUT2D eigenvalue weighted by atomic mass is 9.83. The molecule has 0 spiro atoms. The van der Waals surface area contributed by atoms with Crippen LogP contribution in [0.25, 0.3) is 0 Å². The zero-order valence-electron chi connectivity index (χ0n) is 31.2. The van der Waals surface area contributed by atoms with Crippen molar-refractivity contribution in [3.8, 4) is 0 Å². The van der Waals surface area contributed by atoms with E-state index in [0.717, 1.165) is 27.2 Å². The highest BCUT2D eigenvalue weighted by Crippen LogP contribution is 2.31. The van der Waals surface area contributed by atoms with E-state index in [1.165, 1.54) is 7.11 Å². The van der Waals surface area contributed by atoms with Gasteiger partial charge in [-0.1, -0.05) is 142 Å². The van der Waals surface area contributed by atoms with Crippen LogP contribution in [-0.2, 0) is 54.7 Å². The van der Waals surface area contributed by atoms with Crippen molar-refractivity contribution in [2.24, 2.45) is 17.8 Å². The number of aliphatic hydroxyl groups excluding tert-OH is 1. The van der Waals surface area contributed by atoms with E-state index in [0.29, 0.717) is 26.2 Å². The number of hydrogen-bond donors (Lipinski definition) is 1. The molecule has 9 heteroatoms. The molecule has 1 heterocycles. The van der Waals surface area contributed by atoms with Crippen LogP contribution in [0.3, 0.4) is 0 Å². The van der Waals surface area contributed by atoms with E-state index in [1.54, 1.807) is 6.92 Å². The van der Waals surface area contributed by atoms with Crippen molar-refractivity contribution < 1.29 is 38.4 Å². The molecule has 5 rings (SSSR count). The summed E-state index contributed by atoms with van der Waals surface area (Å²) in [5.74, 6) is -1.99. The van der Waals surface area contributed by atoms with Gasteiger partial charge < -0.3 is 28.8 Å². The number of rotatable bonds is 20. The van der Waals surface area contributed by atoms with Crippen LogP contribution in [0.4, 0.5) is 4.79 Å². The number of nitrogens with zero attached hydrogens (tertiary/aromatic N) is 1. The number of benzene rings is 4. The summed E-state index contributed by atoms with van der Waals surface area (Å²) < 4.78 is 31.0. The van der Waals surface area contributed by atoms with Crippen molar-refractivity contribution in [1.29, 1.82) is 0 Å². The first-order valence-corrected chi connectivity index (χ1v) is 18.4. The number of ether oxygens (including phenoxy) is 5. The minimum Gasteiger partial charge on any atom is -0.447 e. The molecule has 1 aliphatic heterocycles. The Bertz CT molecular complexity index is 1660. The largest absolute Gasteiger partial charge is 0.447 e. The maximum Gasteiger partial charge on any atom is 0.416 e. The maximum atomic E-state index is 14.1. The third-order valence-electron chi connectivity index (χ3n) is 10.0. The average Bonchev–Trinajstić information content (AvgIpc) is 3.56. The first kappa shape index (κ1) is 39.8. The second kappa shape index (κ2) is 20.2. The predicted molar refractivity (Wildman–Crippen MR) is 203 cm³/mol. The van der Waals surface area contributed by atoms with Gasteiger partial charge in [-0.3, -0.25) is 4.79 Å². The summed E-state index contributed by atoms with van der Waals surface area (Å²) in [6.07, 6.45) is -3.69.